The number of imidazole rings is 1. The van der Waals surface area contributed by atoms with Crippen molar-refractivity contribution in [1.29, 1.82) is 0 Å². The zero-order chi connectivity index (χ0) is 21.4. The van der Waals surface area contributed by atoms with Gasteiger partial charge < -0.3 is 26.2 Å². The number of rotatable bonds is 5. The number of ether oxygens (including phenoxy) is 1. The molecular weight excluding hydrogens is 433 g/mol. The van der Waals surface area contributed by atoms with Crippen molar-refractivity contribution in [2.24, 2.45) is 5.73 Å². The van der Waals surface area contributed by atoms with Crippen molar-refractivity contribution < 1.29 is 14.6 Å². The lowest BCUT2D eigenvalue weighted by Crippen LogP contribution is -2.46. The van der Waals surface area contributed by atoms with Gasteiger partial charge in [0.25, 0.3) is 5.91 Å². The molecule has 0 aliphatic carbocycles. The topological polar surface area (TPSA) is 140 Å². The number of nitrogens with zero attached hydrogens (tertiary/aromatic N) is 4. The molecule has 0 bridgehead atoms. The number of halogens is 2. The van der Waals surface area contributed by atoms with E-state index in [1.165, 1.54) is 24.3 Å². The molecule has 0 radical (unpaired) electrons. The maximum atomic E-state index is 12.0. The average molecular weight is 452 g/mol. The molecule has 0 saturated carbocycles. The van der Waals surface area contributed by atoms with Gasteiger partial charge in [0.2, 0.25) is 0 Å². The molecule has 1 fully saturated rings. The first-order valence-corrected chi connectivity index (χ1v) is 9.82. The number of benzene rings is 1. The molecule has 4 unspecified atom stereocenters. The Morgan fingerprint density at radius 2 is 2.13 bits per heavy atom. The first kappa shape index (κ1) is 20.8. The Balaban J connectivity index is 1.61. The van der Waals surface area contributed by atoms with Gasteiger partial charge in [-0.1, -0.05) is 23.2 Å². The Bertz CT molecular complexity index is 1090. The molecule has 0 spiro atoms. The highest BCUT2D eigenvalue weighted by atomic mass is 35.5. The molecule has 3 heterocycles. The number of aromatic nitrogens is 4. The van der Waals surface area contributed by atoms with E-state index < -0.39 is 30.4 Å². The van der Waals surface area contributed by atoms with Crippen molar-refractivity contribution in [2.45, 2.75) is 31.0 Å². The first-order valence-electron chi connectivity index (χ1n) is 9.06. The van der Waals surface area contributed by atoms with Crippen LogP contribution in [0.3, 0.4) is 0 Å². The van der Waals surface area contributed by atoms with E-state index in [4.69, 9.17) is 33.7 Å². The van der Waals surface area contributed by atoms with E-state index in [0.717, 1.165) is 5.56 Å². The molecule has 158 valence electrons. The number of carbonyl (C=O) groups excluding carboxylic acids is 1. The standard InChI is InChI=1S/C18H19Cl2N7O3/c1-22-17(29)14-11(21)13(28)18(30-14)27-7-26-12-15(24-6-25-16(12)27)23-5-8-4-9(19)2-3-10(8)20/h2-4,6-7,11,13-14,18,28H,5,21H2,1H3,(H,22,29)(H,23,24,25). The highest BCUT2D eigenvalue weighted by molar-refractivity contribution is 6.33. The van der Waals surface area contributed by atoms with Gasteiger partial charge in [0.1, 0.15) is 12.4 Å². The SMILES string of the molecule is CNC(=O)C1OC(n2cnc3c(NCc4cc(Cl)ccc4Cl)ncnc32)C(O)C1N. The summed E-state index contributed by atoms with van der Waals surface area (Å²) in [5.41, 5.74) is 7.64. The Hall–Kier alpha value is -2.50. The summed E-state index contributed by atoms with van der Waals surface area (Å²) in [6.07, 6.45) is -0.209. The van der Waals surface area contributed by atoms with E-state index in [0.29, 0.717) is 33.6 Å². The van der Waals surface area contributed by atoms with E-state index in [1.54, 1.807) is 18.2 Å². The Kier molecular flexibility index (Phi) is 5.76. The van der Waals surface area contributed by atoms with Crippen LogP contribution in [0.5, 0.6) is 0 Å². The summed E-state index contributed by atoms with van der Waals surface area (Å²) < 4.78 is 7.24. The van der Waals surface area contributed by atoms with Crippen molar-refractivity contribution in [3.63, 3.8) is 0 Å². The summed E-state index contributed by atoms with van der Waals surface area (Å²) in [4.78, 5) is 24.8. The fraction of sp³-hybridized carbons (Fsp3) is 0.333. The molecule has 3 aromatic rings. The molecule has 4 rings (SSSR count). The maximum absolute atomic E-state index is 12.0. The number of amides is 1. The molecule has 1 aliphatic rings. The molecule has 1 aliphatic heterocycles. The van der Waals surface area contributed by atoms with Crippen LogP contribution < -0.4 is 16.4 Å². The Morgan fingerprint density at radius 1 is 1.33 bits per heavy atom. The number of aliphatic hydroxyl groups excluding tert-OH is 1. The van der Waals surface area contributed by atoms with Crippen LogP contribution in [-0.2, 0) is 16.1 Å². The van der Waals surface area contributed by atoms with Crippen molar-refractivity contribution in [3.8, 4) is 0 Å². The minimum Gasteiger partial charge on any atom is -0.387 e. The molecule has 4 atom stereocenters. The van der Waals surface area contributed by atoms with Crippen LogP contribution in [-0.4, -0.2) is 55.8 Å². The molecule has 1 saturated heterocycles. The monoisotopic (exact) mass is 451 g/mol. The minimum atomic E-state index is -1.12. The smallest absolute Gasteiger partial charge is 0.250 e. The number of anilines is 1. The quantitative estimate of drug-likeness (QED) is 0.451. The van der Waals surface area contributed by atoms with Crippen molar-refractivity contribution in [1.82, 2.24) is 24.8 Å². The van der Waals surface area contributed by atoms with Gasteiger partial charge >= 0.3 is 0 Å². The number of fused-ring (bicyclic) bond motifs is 1. The van der Waals surface area contributed by atoms with Crippen molar-refractivity contribution in [2.75, 3.05) is 12.4 Å². The summed E-state index contributed by atoms with van der Waals surface area (Å²) in [7, 11) is 1.47. The Labute approximate surface area is 181 Å². The molecule has 12 heteroatoms. The van der Waals surface area contributed by atoms with Crippen LogP contribution in [0.25, 0.3) is 11.2 Å². The fourth-order valence-corrected chi connectivity index (χ4v) is 3.70. The molecule has 30 heavy (non-hydrogen) atoms. The van der Waals surface area contributed by atoms with E-state index in [2.05, 4.69) is 25.6 Å². The fourth-order valence-electron chi connectivity index (χ4n) is 3.32. The van der Waals surface area contributed by atoms with Crippen LogP contribution in [0.2, 0.25) is 10.0 Å². The van der Waals surface area contributed by atoms with E-state index in [9.17, 15) is 9.90 Å². The lowest BCUT2D eigenvalue weighted by molar-refractivity contribution is -0.134. The summed E-state index contributed by atoms with van der Waals surface area (Å²) >= 11 is 12.2. The van der Waals surface area contributed by atoms with Gasteiger partial charge in [0.15, 0.2) is 29.3 Å². The van der Waals surface area contributed by atoms with Crippen LogP contribution in [0.1, 0.15) is 11.8 Å². The lowest BCUT2D eigenvalue weighted by atomic mass is 10.1. The van der Waals surface area contributed by atoms with E-state index >= 15 is 0 Å². The molecule has 1 aromatic carbocycles. The third-order valence-corrected chi connectivity index (χ3v) is 5.52. The number of hydrogen-bond acceptors (Lipinski definition) is 8. The van der Waals surface area contributed by atoms with Gasteiger partial charge in [0.05, 0.1) is 12.4 Å². The van der Waals surface area contributed by atoms with Gasteiger partial charge in [-0.05, 0) is 23.8 Å². The molecule has 1 amide bonds. The number of aliphatic hydroxyl groups is 1. The lowest BCUT2D eigenvalue weighted by Gasteiger charge is -2.16. The number of carbonyl (C=O) groups is 1. The van der Waals surface area contributed by atoms with Gasteiger partial charge in [-0.3, -0.25) is 9.36 Å². The predicted octanol–water partition coefficient (Wildman–Crippen LogP) is 1.08. The third kappa shape index (κ3) is 3.68. The van der Waals surface area contributed by atoms with Crippen LogP contribution >= 0.6 is 23.2 Å². The second-order valence-electron chi connectivity index (χ2n) is 6.77. The van der Waals surface area contributed by atoms with Crippen LogP contribution in [0, 0.1) is 0 Å². The Morgan fingerprint density at radius 3 is 2.90 bits per heavy atom. The van der Waals surface area contributed by atoms with E-state index in [1.807, 2.05) is 0 Å². The molecule has 5 N–H and O–H groups in total. The second kappa shape index (κ2) is 8.32. The third-order valence-electron chi connectivity index (χ3n) is 4.91. The van der Waals surface area contributed by atoms with Gasteiger partial charge in [-0.2, -0.15) is 0 Å². The predicted molar refractivity (Wildman–Crippen MR) is 111 cm³/mol. The molecule has 10 nitrogen and oxygen atoms in total. The minimum absolute atomic E-state index is 0.366. The summed E-state index contributed by atoms with van der Waals surface area (Å²) in [6.45, 7) is 0.366. The zero-order valence-corrected chi connectivity index (χ0v) is 17.3. The summed E-state index contributed by atoms with van der Waals surface area (Å²) in [6, 6.07) is 4.30. The largest absolute Gasteiger partial charge is 0.387 e. The highest BCUT2D eigenvalue weighted by Gasteiger charge is 2.46. The van der Waals surface area contributed by atoms with Crippen LogP contribution in [0.4, 0.5) is 5.82 Å². The summed E-state index contributed by atoms with van der Waals surface area (Å²) in [5.74, 6) is 0.0540. The molecular formula is C18H19Cl2N7O3. The normalized spacial score (nSPS) is 23.6. The number of nitrogens with one attached hydrogen (secondary N) is 2. The van der Waals surface area contributed by atoms with Gasteiger partial charge in [0, 0.05) is 23.6 Å². The number of likely N-dealkylation sites (N-methyl/N-ethyl adjacent to an activating group) is 1. The number of nitrogens with two attached hydrogens (primary N) is 1. The van der Waals surface area contributed by atoms with E-state index in [-0.39, 0.29) is 0 Å². The van der Waals surface area contributed by atoms with Gasteiger partial charge in [-0.15, -0.1) is 0 Å². The van der Waals surface area contributed by atoms with Crippen molar-refractivity contribution >= 4 is 46.1 Å². The average Bonchev–Trinajstić information content (AvgIpc) is 3.30. The maximum Gasteiger partial charge on any atom is 0.250 e. The first-order chi connectivity index (χ1) is 14.4. The second-order valence-corrected chi connectivity index (χ2v) is 7.61. The van der Waals surface area contributed by atoms with Gasteiger partial charge in [-0.25, -0.2) is 15.0 Å². The van der Waals surface area contributed by atoms with Crippen LogP contribution in [0.15, 0.2) is 30.9 Å². The molecule has 2 aromatic heterocycles. The highest BCUT2D eigenvalue weighted by Crippen LogP contribution is 2.31. The summed E-state index contributed by atoms with van der Waals surface area (Å²) in [5, 5.41) is 17.3. The number of hydrogen-bond donors (Lipinski definition) is 4. The van der Waals surface area contributed by atoms with Crippen molar-refractivity contribution in [3.05, 3.63) is 46.5 Å². The zero-order valence-electron chi connectivity index (χ0n) is 15.8.